The third-order valence-corrected chi connectivity index (χ3v) is 5.40. The van der Waals surface area contributed by atoms with E-state index in [9.17, 15) is 14.4 Å². The third kappa shape index (κ3) is 4.63. The molecule has 0 bridgehead atoms. The Kier molecular flexibility index (Phi) is 6.18. The van der Waals surface area contributed by atoms with E-state index in [4.69, 9.17) is 4.74 Å². The van der Waals surface area contributed by atoms with E-state index in [0.29, 0.717) is 23.6 Å². The second-order valence-corrected chi connectivity index (χ2v) is 8.17. The Hall–Kier alpha value is -3.71. The second-order valence-electron chi connectivity index (χ2n) is 7.25. The first kappa shape index (κ1) is 21.5. The lowest BCUT2D eigenvalue weighted by atomic mass is 10.1. The Bertz CT molecular complexity index is 1220. The Morgan fingerprint density at radius 1 is 0.969 bits per heavy atom. The van der Waals surface area contributed by atoms with Crippen LogP contribution in [0.25, 0.3) is 6.08 Å². The number of imide groups is 2. The predicted octanol–water partition coefficient (Wildman–Crippen LogP) is 5.00. The lowest BCUT2D eigenvalue weighted by molar-refractivity contribution is -0.122. The molecule has 0 unspecified atom stereocenters. The summed E-state index contributed by atoms with van der Waals surface area (Å²) in [6.45, 7) is 2.34. The summed E-state index contributed by atoms with van der Waals surface area (Å²) in [5.41, 5.74) is 2.89. The van der Waals surface area contributed by atoms with Crippen molar-refractivity contribution in [1.82, 2.24) is 5.32 Å². The molecule has 0 spiro atoms. The van der Waals surface area contributed by atoms with Crippen LogP contribution >= 0.6 is 15.9 Å². The van der Waals surface area contributed by atoms with Crippen LogP contribution in [0.1, 0.15) is 16.7 Å². The zero-order valence-electron chi connectivity index (χ0n) is 17.2. The van der Waals surface area contributed by atoms with Crippen LogP contribution < -0.4 is 15.0 Å². The Balaban J connectivity index is 1.66. The summed E-state index contributed by atoms with van der Waals surface area (Å²) < 4.78 is 6.73. The number of halogens is 1. The van der Waals surface area contributed by atoms with E-state index in [0.717, 1.165) is 20.5 Å². The summed E-state index contributed by atoms with van der Waals surface area (Å²) in [6.07, 6.45) is 1.44. The van der Waals surface area contributed by atoms with Crippen LogP contribution in [0.2, 0.25) is 0 Å². The molecule has 1 aliphatic heterocycles. The van der Waals surface area contributed by atoms with Crippen molar-refractivity contribution in [2.45, 2.75) is 13.5 Å². The lowest BCUT2D eigenvalue weighted by Crippen LogP contribution is -2.54. The molecular formula is C25H19BrN2O4. The number of carbonyl (C=O) groups is 3. The van der Waals surface area contributed by atoms with Gasteiger partial charge < -0.3 is 4.74 Å². The number of hydrogen-bond acceptors (Lipinski definition) is 4. The van der Waals surface area contributed by atoms with Gasteiger partial charge in [0.15, 0.2) is 0 Å². The van der Waals surface area contributed by atoms with E-state index in [1.807, 2.05) is 37.3 Å². The number of aryl methyl sites for hydroxylation is 1. The molecule has 0 atom stereocenters. The summed E-state index contributed by atoms with van der Waals surface area (Å²) in [6, 6.07) is 21.0. The number of nitrogens with one attached hydrogen (secondary N) is 1. The van der Waals surface area contributed by atoms with Crippen LogP contribution in [0.15, 0.2) is 82.8 Å². The molecule has 4 rings (SSSR count). The van der Waals surface area contributed by atoms with E-state index in [-0.39, 0.29) is 5.57 Å². The Morgan fingerprint density at radius 3 is 2.41 bits per heavy atom. The Morgan fingerprint density at radius 2 is 1.69 bits per heavy atom. The number of hydrogen-bond donors (Lipinski definition) is 1. The van der Waals surface area contributed by atoms with Gasteiger partial charge in [0.25, 0.3) is 11.8 Å². The minimum absolute atomic E-state index is 0.160. The van der Waals surface area contributed by atoms with Gasteiger partial charge in [-0.25, -0.2) is 9.69 Å². The normalized spacial score (nSPS) is 15.1. The van der Waals surface area contributed by atoms with Crippen molar-refractivity contribution in [2.75, 3.05) is 4.90 Å². The predicted molar refractivity (Wildman–Crippen MR) is 125 cm³/mol. The SMILES string of the molecule is Cc1ccc(COc2ccc(Br)cc2/C=C2\C(=O)NC(=O)N(c3ccccc3)C2=O)cc1. The maximum absolute atomic E-state index is 13.1. The van der Waals surface area contributed by atoms with Gasteiger partial charge in [-0.3, -0.25) is 14.9 Å². The van der Waals surface area contributed by atoms with Crippen molar-refractivity contribution in [1.29, 1.82) is 0 Å². The van der Waals surface area contributed by atoms with Gasteiger partial charge in [0.05, 0.1) is 5.69 Å². The zero-order valence-corrected chi connectivity index (χ0v) is 18.8. The highest BCUT2D eigenvalue weighted by Gasteiger charge is 2.36. The largest absolute Gasteiger partial charge is 0.488 e. The maximum atomic E-state index is 13.1. The summed E-state index contributed by atoms with van der Waals surface area (Å²) in [7, 11) is 0. The van der Waals surface area contributed by atoms with Gasteiger partial charge >= 0.3 is 6.03 Å². The number of rotatable bonds is 5. The first-order chi connectivity index (χ1) is 15.4. The van der Waals surface area contributed by atoms with Crippen molar-refractivity contribution >= 4 is 45.5 Å². The van der Waals surface area contributed by atoms with Crippen LogP contribution in [-0.2, 0) is 16.2 Å². The smallest absolute Gasteiger partial charge is 0.335 e. The molecule has 0 saturated carbocycles. The van der Waals surface area contributed by atoms with Gasteiger partial charge in [0, 0.05) is 10.0 Å². The van der Waals surface area contributed by atoms with Gasteiger partial charge in [-0.05, 0) is 48.9 Å². The highest BCUT2D eigenvalue weighted by atomic mass is 79.9. The van der Waals surface area contributed by atoms with Crippen molar-refractivity contribution in [3.8, 4) is 5.75 Å². The van der Waals surface area contributed by atoms with E-state index >= 15 is 0 Å². The number of para-hydroxylation sites is 1. The van der Waals surface area contributed by atoms with E-state index in [2.05, 4.69) is 21.2 Å². The van der Waals surface area contributed by atoms with Crippen LogP contribution in [0.3, 0.4) is 0 Å². The highest BCUT2D eigenvalue weighted by molar-refractivity contribution is 9.10. The van der Waals surface area contributed by atoms with Crippen molar-refractivity contribution in [3.63, 3.8) is 0 Å². The first-order valence-electron chi connectivity index (χ1n) is 9.87. The van der Waals surface area contributed by atoms with E-state index in [1.165, 1.54) is 6.08 Å². The molecule has 0 aromatic heterocycles. The Labute approximate surface area is 193 Å². The molecule has 1 heterocycles. The van der Waals surface area contributed by atoms with Crippen molar-refractivity contribution in [3.05, 3.63) is 99.5 Å². The quantitative estimate of drug-likeness (QED) is 0.403. The summed E-state index contributed by atoms with van der Waals surface area (Å²) in [5, 5.41) is 2.23. The van der Waals surface area contributed by atoms with Crippen LogP contribution in [0.5, 0.6) is 5.75 Å². The van der Waals surface area contributed by atoms with Gasteiger partial charge in [0.2, 0.25) is 0 Å². The number of barbiturate groups is 1. The average molecular weight is 491 g/mol. The second kappa shape index (κ2) is 9.20. The van der Waals surface area contributed by atoms with Gasteiger partial charge in [-0.15, -0.1) is 0 Å². The maximum Gasteiger partial charge on any atom is 0.335 e. The highest BCUT2D eigenvalue weighted by Crippen LogP contribution is 2.28. The summed E-state index contributed by atoms with van der Waals surface area (Å²) >= 11 is 3.42. The lowest BCUT2D eigenvalue weighted by Gasteiger charge is -2.26. The molecule has 32 heavy (non-hydrogen) atoms. The molecule has 6 nitrogen and oxygen atoms in total. The number of benzene rings is 3. The molecule has 1 aliphatic rings. The molecule has 160 valence electrons. The summed E-state index contributed by atoms with van der Waals surface area (Å²) in [4.78, 5) is 38.9. The standard InChI is InChI=1S/C25H19BrN2O4/c1-16-7-9-17(10-8-16)15-32-22-12-11-19(26)13-18(22)14-21-23(29)27-25(31)28(24(21)30)20-5-3-2-4-6-20/h2-14H,15H2,1H3,(H,27,29,31)/b21-14+. The van der Waals surface area contributed by atoms with Crippen LogP contribution in [-0.4, -0.2) is 17.8 Å². The number of ether oxygens (including phenoxy) is 1. The molecule has 0 radical (unpaired) electrons. The molecule has 0 aliphatic carbocycles. The molecule has 3 aromatic carbocycles. The third-order valence-electron chi connectivity index (χ3n) is 4.90. The van der Waals surface area contributed by atoms with Crippen LogP contribution in [0.4, 0.5) is 10.5 Å². The van der Waals surface area contributed by atoms with E-state index < -0.39 is 17.8 Å². The molecule has 1 N–H and O–H groups in total. The first-order valence-corrected chi connectivity index (χ1v) is 10.7. The topological polar surface area (TPSA) is 75.7 Å². The van der Waals surface area contributed by atoms with Crippen molar-refractivity contribution < 1.29 is 19.1 Å². The molecule has 1 fully saturated rings. The minimum atomic E-state index is -0.784. The molecular weight excluding hydrogens is 472 g/mol. The molecule has 1 saturated heterocycles. The van der Waals surface area contributed by atoms with E-state index in [1.54, 1.807) is 42.5 Å². The average Bonchev–Trinajstić information content (AvgIpc) is 2.78. The van der Waals surface area contributed by atoms with Gasteiger partial charge in [-0.1, -0.05) is 64.0 Å². The number of nitrogens with zero attached hydrogens (tertiary/aromatic N) is 1. The fraction of sp³-hybridized carbons (Fsp3) is 0.0800. The van der Waals surface area contributed by atoms with Gasteiger partial charge in [0.1, 0.15) is 17.9 Å². The minimum Gasteiger partial charge on any atom is -0.488 e. The number of urea groups is 1. The summed E-state index contributed by atoms with van der Waals surface area (Å²) in [5.74, 6) is -0.948. The molecule has 4 amide bonds. The fourth-order valence-corrected chi connectivity index (χ4v) is 3.61. The molecule has 3 aromatic rings. The van der Waals surface area contributed by atoms with Crippen LogP contribution in [0, 0.1) is 6.92 Å². The number of anilines is 1. The zero-order chi connectivity index (χ0) is 22.7. The number of amides is 4. The van der Waals surface area contributed by atoms with Gasteiger partial charge in [-0.2, -0.15) is 0 Å². The number of carbonyl (C=O) groups excluding carboxylic acids is 3. The fourth-order valence-electron chi connectivity index (χ4n) is 3.23. The van der Waals surface area contributed by atoms with Crippen molar-refractivity contribution in [2.24, 2.45) is 0 Å². The molecule has 7 heteroatoms. The monoisotopic (exact) mass is 490 g/mol.